The van der Waals surface area contributed by atoms with Gasteiger partial charge in [0.15, 0.2) is 11.5 Å². The Morgan fingerprint density at radius 3 is 2.32 bits per heavy atom. The fourth-order valence-electron chi connectivity index (χ4n) is 3.82. The normalized spacial score (nSPS) is 11.6. The highest BCUT2D eigenvalue weighted by atomic mass is 19.4. The summed E-state index contributed by atoms with van der Waals surface area (Å²) in [5.41, 5.74) is 1.78. The molecule has 3 aromatic carbocycles. The summed E-state index contributed by atoms with van der Waals surface area (Å²) in [6.07, 6.45) is -2.60. The van der Waals surface area contributed by atoms with E-state index < -0.39 is 17.6 Å². The Balaban J connectivity index is 1.58. The van der Waals surface area contributed by atoms with Crippen molar-refractivity contribution in [1.82, 2.24) is 9.55 Å². The Morgan fingerprint density at radius 2 is 1.62 bits per heavy atom. The first kappa shape index (κ1) is 21.5. The number of carbonyl (C=O) groups is 1. The lowest BCUT2D eigenvalue weighted by Crippen LogP contribution is -2.14. The molecular weight excluding hydrogens is 443 g/mol. The number of carbonyl (C=O) groups excluding carboxylic acids is 1. The predicted molar refractivity (Wildman–Crippen MR) is 123 cm³/mol. The molecule has 1 N–H and O–H groups in total. The molecule has 0 aliphatic heterocycles. The first-order valence-electron chi connectivity index (χ1n) is 10.4. The summed E-state index contributed by atoms with van der Waals surface area (Å²) in [6, 6.07) is 21.1. The molecule has 2 aromatic heterocycles. The molecule has 170 valence electrons. The summed E-state index contributed by atoms with van der Waals surface area (Å²) >= 11 is 0. The molecule has 2 heterocycles. The molecule has 8 heteroatoms. The number of nitrogens with zero attached hydrogens (tertiary/aromatic N) is 2. The SMILES string of the molecule is Cn1cc(-c2oc(-c3ccccc3)nc2C(=O)Nc2ccc(C(F)(F)F)cc2)c2ccccc21. The van der Waals surface area contributed by atoms with E-state index in [0.29, 0.717) is 11.1 Å². The second-order valence-electron chi connectivity index (χ2n) is 7.76. The van der Waals surface area contributed by atoms with Gasteiger partial charge in [0.1, 0.15) is 0 Å². The largest absolute Gasteiger partial charge is 0.435 e. The van der Waals surface area contributed by atoms with E-state index in [0.717, 1.165) is 23.0 Å². The van der Waals surface area contributed by atoms with Crippen LogP contribution in [0.2, 0.25) is 0 Å². The minimum absolute atomic E-state index is 0.0371. The molecule has 0 unspecified atom stereocenters. The van der Waals surface area contributed by atoms with Crippen molar-refractivity contribution >= 4 is 22.5 Å². The van der Waals surface area contributed by atoms with Gasteiger partial charge in [-0.25, -0.2) is 4.98 Å². The molecule has 0 fully saturated rings. The lowest BCUT2D eigenvalue weighted by molar-refractivity contribution is -0.137. The number of halogens is 3. The van der Waals surface area contributed by atoms with Crippen LogP contribution in [0, 0.1) is 0 Å². The molecule has 1 amide bonds. The Hall–Kier alpha value is -4.33. The number of benzene rings is 3. The van der Waals surface area contributed by atoms with E-state index in [9.17, 15) is 18.0 Å². The van der Waals surface area contributed by atoms with Gasteiger partial charge in [-0.15, -0.1) is 0 Å². The number of fused-ring (bicyclic) bond motifs is 1. The second kappa shape index (κ2) is 8.22. The molecule has 0 saturated carbocycles. The topological polar surface area (TPSA) is 60.1 Å². The lowest BCUT2D eigenvalue weighted by Gasteiger charge is -2.08. The van der Waals surface area contributed by atoms with Gasteiger partial charge < -0.3 is 14.3 Å². The Bertz CT molecular complexity index is 1480. The van der Waals surface area contributed by atoms with Gasteiger partial charge in [0.2, 0.25) is 5.89 Å². The summed E-state index contributed by atoms with van der Waals surface area (Å²) in [4.78, 5) is 17.7. The average molecular weight is 461 g/mol. The first-order valence-corrected chi connectivity index (χ1v) is 10.4. The molecular formula is C26H18F3N3O2. The molecule has 0 aliphatic carbocycles. The summed E-state index contributed by atoms with van der Waals surface area (Å²) < 4.78 is 46.6. The van der Waals surface area contributed by atoms with Gasteiger partial charge in [0, 0.05) is 41.0 Å². The summed E-state index contributed by atoms with van der Waals surface area (Å²) in [6.45, 7) is 0. The summed E-state index contributed by atoms with van der Waals surface area (Å²) in [7, 11) is 1.89. The van der Waals surface area contributed by atoms with Gasteiger partial charge in [-0.2, -0.15) is 13.2 Å². The van der Waals surface area contributed by atoms with Crippen molar-refractivity contribution in [2.24, 2.45) is 7.05 Å². The van der Waals surface area contributed by atoms with Crippen LogP contribution < -0.4 is 5.32 Å². The molecule has 0 bridgehead atoms. The number of rotatable bonds is 4. The van der Waals surface area contributed by atoms with E-state index in [1.807, 2.05) is 72.4 Å². The van der Waals surface area contributed by atoms with E-state index in [1.165, 1.54) is 12.1 Å². The summed E-state index contributed by atoms with van der Waals surface area (Å²) in [5.74, 6) is -0.0465. The number of nitrogens with one attached hydrogen (secondary N) is 1. The highest BCUT2D eigenvalue weighted by Crippen LogP contribution is 2.36. The number of amides is 1. The molecule has 0 aliphatic rings. The van der Waals surface area contributed by atoms with Gasteiger partial charge in [0.05, 0.1) is 5.56 Å². The Labute approximate surface area is 192 Å². The maximum atomic E-state index is 13.2. The van der Waals surface area contributed by atoms with Crippen LogP contribution in [0.3, 0.4) is 0 Å². The number of hydrogen-bond donors (Lipinski definition) is 1. The van der Waals surface area contributed by atoms with Crippen LogP contribution in [0.25, 0.3) is 33.7 Å². The van der Waals surface area contributed by atoms with Crippen molar-refractivity contribution in [3.63, 3.8) is 0 Å². The van der Waals surface area contributed by atoms with Crippen LogP contribution in [0.1, 0.15) is 16.1 Å². The third-order valence-corrected chi connectivity index (χ3v) is 5.47. The number of para-hydroxylation sites is 1. The van der Waals surface area contributed by atoms with Crippen LogP contribution in [-0.4, -0.2) is 15.5 Å². The third-order valence-electron chi connectivity index (χ3n) is 5.47. The minimum Gasteiger partial charge on any atom is -0.435 e. The fourth-order valence-corrected chi connectivity index (χ4v) is 3.82. The zero-order valence-electron chi connectivity index (χ0n) is 17.9. The van der Waals surface area contributed by atoms with Gasteiger partial charge in [-0.3, -0.25) is 4.79 Å². The zero-order valence-corrected chi connectivity index (χ0v) is 17.9. The maximum Gasteiger partial charge on any atom is 0.416 e. The van der Waals surface area contributed by atoms with Crippen LogP contribution in [0.5, 0.6) is 0 Å². The van der Waals surface area contributed by atoms with Crippen molar-refractivity contribution in [3.05, 3.63) is 96.3 Å². The number of oxazole rings is 1. The van der Waals surface area contributed by atoms with Crippen molar-refractivity contribution in [1.29, 1.82) is 0 Å². The quantitative estimate of drug-likeness (QED) is 0.321. The molecule has 0 saturated heterocycles. The van der Waals surface area contributed by atoms with Gasteiger partial charge in [0.25, 0.3) is 5.91 Å². The second-order valence-corrected chi connectivity index (χ2v) is 7.76. The minimum atomic E-state index is -4.46. The number of alkyl halides is 3. The lowest BCUT2D eigenvalue weighted by atomic mass is 10.1. The van der Waals surface area contributed by atoms with Gasteiger partial charge in [-0.1, -0.05) is 36.4 Å². The van der Waals surface area contributed by atoms with E-state index in [4.69, 9.17) is 4.42 Å². The molecule has 5 nitrogen and oxygen atoms in total. The number of anilines is 1. The molecule has 0 spiro atoms. The van der Waals surface area contributed by atoms with Crippen LogP contribution in [0.15, 0.2) is 89.5 Å². The molecule has 0 radical (unpaired) electrons. The fraction of sp³-hybridized carbons (Fsp3) is 0.0769. The number of hydrogen-bond acceptors (Lipinski definition) is 3. The molecule has 5 aromatic rings. The standard InChI is InChI=1S/C26H18F3N3O2/c1-32-15-20(19-9-5-6-10-21(19)32)23-22(31-25(34-23)16-7-3-2-4-8-16)24(33)30-18-13-11-17(12-14-18)26(27,28)29/h2-15H,1H3,(H,30,33). The smallest absolute Gasteiger partial charge is 0.416 e. The van der Waals surface area contributed by atoms with Crippen molar-refractivity contribution in [3.8, 4) is 22.8 Å². The number of aryl methyl sites for hydroxylation is 1. The maximum absolute atomic E-state index is 13.2. The van der Waals surface area contributed by atoms with E-state index in [1.54, 1.807) is 0 Å². The van der Waals surface area contributed by atoms with Crippen molar-refractivity contribution in [2.75, 3.05) is 5.32 Å². The van der Waals surface area contributed by atoms with E-state index in [2.05, 4.69) is 10.3 Å². The van der Waals surface area contributed by atoms with Crippen LogP contribution in [-0.2, 0) is 13.2 Å². The highest BCUT2D eigenvalue weighted by molar-refractivity contribution is 6.09. The molecule has 34 heavy (non-hydrogen) atoms. The third kappa shape index (κ3) is 3.94. The Kier molecular flexibility index (Phi) is 5.20. The Morgan fingerprint density at radius 1 is 0.941 bits per heavy atom. The highest BCUT2D eigenvalue weighted by Gasteiger charge is 2.30. The van der Waals surface area contributed by atoms with Crippen molar-refractivity contribution in [2.45, 2.75) is 6.18 Å². The molecule has 5 rings (SSSR count). The van der Waals surface area contributed by atoms with Crippen LogP contribution >= 0.6 is 0 Å². The zero-order chi connectivity index (χ0) is 23.9. The van der Waals surface area contributed by atoms with E-state index >= 15 is 0 Å². The first-order chi connectivity index (χ1) is 16.3. The summed E-state index contributed by atoms with van der Waals surface area (Å²) in [5, 5.41) is 3.51. The predicted octanol–water partition coefficient (Wildman–Crippen LogP) is 6.77. The monoisotopic (exact) mass is 461 g/mol. The van der Waals surface area contributed by atoms with Crippen molar-refractivity contribution < 1.29 is 22.4 Å². The molecule has 0 atom stereocenters. The van der Waals surface area contributed by atoms with Crippen LogP contribution in [0.4, 0.5) is 18.9 Å². The van der Waals surface area contributed by atoms with E-state index in [-0.39, 0.29) is 23.0 Å². The number of aromatic nitrogens is 2. The average Bonchev–Trinajstić information content (AvgIpc) is 3.41. The van der Waals surface area contributed by atoms with Gasteiger partial charge >= 0.3 is 6.18 Å². The van der Waals surface area contributed by atoms with Gasteiger partial charge in [-0.05, 0) is 42.5 Å².